The lowest BCUT2D eigenvalue weighted by Gasteiger charge is -2.11. The Hall–Kier alpha value is -3.35. The molecule has 0 radical (unpaired) electrons. The van der Waals surface area contributed by atoms with Gasteiger partial charge in [0.1, 0.15) is 18.1 Å². The fourth-order valence-electron chi connectivity index (χ4n) is 3.24. The van der Waals surface area contributed by atoms with Gasteiger partial charge >= 0.3 is 0 Å². The smallest absolute Gasteiger partial charge is 0.240 e. The first kappa shape index (κ1) is 21.4. The molecule has 0 bridgehead atoms. The molecule has 7 heteroatoms. The minimum atomic E-state index is -0.0745. The predicted octanol–water partition coefficient (Wildman–Crippen LogP) is 2.82. The molecule has 0 aliphatic heterocycles. The Bertz CT molecular complexity index is 995. The number of aryl methyl sites for hydroxylation is 1. The van der Waals surface area contributed by atoms with Gasteiger partial charge in [-0.05, 0) is 36.2 Å². The van der Waals surface area contributed by atoms with E-state index in [1.54, 1.807) is 7.11 Å². The number of nitrogens with one attached hydrogen (secondary N) is 2. The second-order valence-corrected chi connectivity index (χ2v) is 7.03. The van der Waals surface area contributed by atoms with Crippen molar-refractivity contribution in [2.45, 2.75) is 39.3 Å². The summed E-state index contributed by atoms with van der Waals surface area (Å²) >= 11 is 0. The van der Waals surface area contributed by atoms with Gasteiger partial charge in [-0.15, -0.1) is 0 Å². The van der Waals surface area contributed by atoms with Crippen LogP contribution in [0.2, 0.25) is 0 Å². The van der Waals surface area contributed by atoms with Gasteiger partial charge in [-0.3, -0.25) is 9.59 Å². The lowest BCUT2D eigenvalue weighted by molar-refractivity contribution is -0.122. The maximum absolute atomic E-state index is 12.6. The number of nitrogens with zero attached hydrogens (tertiary/aromatic N) is 2. The summed E-state index contributed by atoms with van der Waals surface area (Å²) in [4.78, 5) is 28.7. The summed E-state index contributed by atoms with van der Waals surface area (Å²) < 4.78 is 7.12. The van der Waals surface area contributed by atoms with Crippen LogP contribution in [0.5, 0.6) is 5.75 Å². The summed E-state index contributed by atoms with van der Waals surface area (Å²) in [6.45, 7) is 3.08. The van der Waals surface area contributed by atoms with Crippen molar-refractivity contribution in [2.24, 2.45) is 0 Å². The molecule has 1 heterocycles. The average Bonchev–Trinajstić information content (AvgIpc) is 3.12. The van der Waals surface area contributed by atoms with E-state index in [9.17, 15) is 9.59 Å². The van der Waals surface area contributed by atoms with Gasteiger partial charge in [-0.25, -0.2) is 4.98 Å². The van der Waals surface area contributed by atoms with Crippen molar-refractivity contribution in [3.8, 4) is 5.75 Å². The zero-order valence-corrected chi connectivity index (χ0v) is 17.5. The lowest BCUT2D eigenvalue weighted by atomic mass is 10.2. The van der Waals surface area contributed by atoms with Crippen LogP contribution < -0.4 is 15.4 Å². The number of ether oxygens (including phenoxy) is 1. The van der Waals surface area contributed by atoms with E-state index in [1.807, 2.05) is 60.0 Å². The highest BCUT2D eigenvalue weighted by Gasteiger charge is 2.13. The molecule has 0 saturated heterocycles. The maximum atomic E-state index is 12.6. The average molecular weight is 409 g/mol. The van der Waals surface area contributed by atoms with Crippen LogP contribution in [0.25, 0.3) is 11.0 Å². The van der Waals surface area contributed by atoms with Crippen LogP contribution in [-0.2, 0) is 29.1 Å². The highest BCUT2D eigenvalue weighted by atomic mass is 16.5. The second kappa shape index (κ2) is 10.4. The summed E-state index contributed by atoms with van der Waals surface area (Å²) in [5.74, 6) is 1.60. The fourth-order valence-corrected chi connectivity index (χ4v) is 3.24. The number of fused-ring (bicyclic) bond motifs is 1. The molecular formula is C23H28N4O3. The van der Waals surface area contributed by atoms with E-state index in [0.29, 0.717) is 25.9 Å². The van der Waals surface area contributed by atoms with Gasteiger partial charge in [0.05, 0.1) is 18.1 Å². The SMILES string of the molecule is CCC(=O)NCCCc1nc2ccccc2n1CC(=O)NCc1ccc(OC)cc1. The number of aromatic nitrogens is 2. The zero-order chi connectivity index (χ0) is 21.3. The third kappa shape index (κ3) is 5.59. The van der Waals surface area contributed by atoms with Crippen LogP contribution in [0, 0.1) is 0 Å². The molecule has 0 fully saturated rings. The number of hydrogen-bond donors (Lipinski definition) is 2. The van der Waals surface area contributed by atoms with E-state index in [-0.39, 0.29) is 18.4 Å². The van der Waals surface area contributed by atoms with Gasteiger partial charge < -0.3 is 19.9 Å². The molecule has 0 aliphatic rings. The molecule has 1 aromatic heterocycles. The van der Waals surface area contributed by atoms with E-state index in [1.165, 1.54) is 0 Å². The topological polar surface area (TPSA) is 85.2 Å². The molecule has 0 saturated carbocycles. The number of hydrogen-bond acceptors (Lipinski definition) is 4. The highest BCUT2D eigenvalue weighted by molar-refractivity contribution is 5.81. The van der Waals surface area contributed by atoms with E-state index in [0.717, 1.165) is 34.6 Å². The molecule has 0 atom stereocenters. The molecule has 0 spiro atoms. The number of para-hydroxylation sites is 2. The number of carbonyl (C=O) groups is 2. The molecule has 3 aromatic rings. The standard InChI is InChI=1S/C23H28N4O3/c1-3-22(28)24-14-6-9-21-26-19-7-4-5-8-20(19)27(21)16-23(29)25-15-17-10-12-18(30-2)13-11-17/h4-5,7-8,10-13H,3,6,9,14-16H2,1-2H3,(H,24,28)(H,25,29). The van der Waals surface area contributed by atoms with Crippen molar-refractivity contribution in [1.82, 2.24) is 20.2 Å². The summed E-state index contributed by atoms with van der Waals surface area (Å²) in [5.41, 5.74) is 2.81. The van der Waals surface area contributed by atoms with Crippen LogP contribution in [0.3, 0.4) is 0 Å². The number of carbonyl (C=O) groups excluding carboxylic acids is 2. The van der Waals surface area contributed by atoms with Crippen molar-refractivity contribution in [2.75, 3.05) is 13.7 Å². The van der Waals surface area contributed by atoms with Crippen LogP contribution in [-0.4, -0.2) is 35.0 Å². The lowest BCUT2D eigenvalue weighted by Crippen LogP contribution is -2.28. The molecule has 2 aromatic carbocycles. The van der Waals surface area contributed by atoms with Gasteiger partial charge in [0.2, 0.25) is 11.8 Å². The molecule has 158 valence electrons. The normalized spacial score (nSPS) is 10.7. The van der Waals surface area contributed by atoms with Crippen molar-refractivity contribution in [1.29, 1.82) is 0 Å². The van der Waals surface area contributed by atoms with Gasteiger partial charge in [-0.1, -0.05) is 31.2 Å². The van der Waals surface area contributed by atoms with Crippen LogP contribution in [0.4, 0.5) is 0 Å². The Balaban J connectivity index is 1.64. The molecule has 2 amide bonds. The zero-order valence-electron chi connectivity index (χ0n) is 17.5. The van der Waals surface area contributed by atoms with Crippen molar-refractivity contribution < 1.29 is 14.3 Å². The minimum absolute atomic E-state index is 0.0430. The van der Waals surface area contributed by atoms with Crippen molar-refractivity contribution in [3.05, 3.63) is 59.9 Å². The quantitative estimate of drug-likeness (QED) is 0.505. The van der Waals surface area contributed by atoms with Crippen molar-refractivity contribution >= 4 is 22.8 Å². The van der Waals surface area contributed by atoms with Gasteiger partial charge in [0.25, 0.3) is 0 Å². The molecule has 0 unspecified atom stereocenters. The summed E-state index contributed by atoms with van der Waals surface area (Å²) in [5, 5.41) is 5.85. The van der Waals surface area contributed by atoms with E-state index < -0.39 is 0 Å². The summed E-state index contributed by atoms with van der Waals surface area (Å²) in [7, 11) is 1.63. The Morgan fingerprint density at radius 3 is 2.53 bits per heavy atom. The highest BCUT2D eigenvalue weighted by Crippen LogP contribution is 2.17. The molecule has 2 N–H and O–H groups in total. The number of benzene rings is 2. The van der Waals surface area contributed by atoms with Crippen LogP contribution in [0.15, 0.2) is 48.5 Å². The van der Waals surface area contributed by atoms with Gasteiger partial charge in [0, 0.05) is 25.9 Å². The third-order valence-electron chi connectivity index (χ3n) is 4.90. The molecule has 7 nitrogen and oxygen atoms in total. The number of methoxy groups -OCH3 is 1. The Morgan fingerprint density at radius 2 is 1.80 bits per heavy atom. The van der Waals surface area contributed by atoms with Gasteiger partial charge in [-0.2, -0.15) is 0 Å². The van der Waals surface area contributed by atoms with Crippen LogP contribution in [0.1, 0.15) is 31.2 Å². The second-order valence-electron chi connectivity index (χ2n) is 7.03. The number of amides is 2. The Morgan fingerprint density at radius 1 is 1.03 bits per heavy atom. The summed E-state index contributed by atoms with van der Waals surface area (Å²) in [6, 6.07) is 15.4. The largest absolute Gasteiger partial charge is 0.497 e. The fraction of sp³-hybridized carbons (Fsp3) is 0.348. The first-order chi connectivity index (χ1) is 14.6. The molecule has 0 aliphatic carbocycles. The van der Waals surface area contributed by atoms with Crippen LogP contribution >= 0.6 is 0 Å². The first-order valence-corrected chi connectivity index (χ1v) is 10.2. The van der Waals surface area contributed by atoms with E-state index in [2.05, 4.69) is 10.6 Å². The number of imidazole rings is 1. The predicted molar refractivity (Wildman–Crippen MR) is 116 cm³/mol. The molecule has 30 heavy (non-hydrogen) atoms. The van der Waals surface area contributed by atoms with E-state index >= 15 is 0 Å². The third-order valence-corrected chi connectivity index (χ3v) is 4.90. The molecular weight excluding hydrogens is 380 g/mol. The number of rotatable bonds is 10. The maximum Gasteiger partial charge on any atom is 0.240 e. The first-order valence-electron chi connectivity index (χ1n) is 10.2. The Labute approximate surface area is 176 Å². The van der Waals surface area contributed by atoms with E-state index in [4.69, 9.17) is 9.72 Å². The monoisotopic (exact) mass is 408 g/mol. The van der Waals surface area contributed by atoms with Gasteiger partial charge in [0.15, 0.2) is 0 Å². The molecule has 3 rings (SSSR count). The van der Waals surface area contributed by atoms with Crippen molar-refractivity contribution in [3.63, 3.8) is 0 Å². The minimum Gasteiger partial charge on any atom is -0.497 e. The summed E-state index contributed by atoms with van der Waals surface area (Å²) in [6.07, 6.45) is 1.93. The Kier molecular flexibility index (Phi) is 7.43.